The maximum Gasteiger partial charge on any atom is 0.269 e. The van der Waals surface area contributed by atoms with Crippen molar-refractivity contribution in [2.75, 3.05) is 26.0 Å². The predicted molar refractivity (Wildman–Crippen MR) is 74.1 cm³/mol. The first-order valence-corrected chi connectivity index (χ1v) is 6.85. The van der Waals surface area contributed by atoms with Crippen LogP contribution in [-0.2, 0) is 15.3 Å². The van der Waals surface area contributed by atoms with Crippen molar-refractivity contribution in [2.24, 2.45) is 0 Å². The lowest BCUT2D eigenvalue weighted by Gasteiger charge is -2.04. The largest absolute Gasteiger partial charge is 0.383 e. The van der Waals surface area contributed by atoms with Gasteiger partial charge in [0.05, 0.1) is 17.3 Å². The van der Waals surface area contributed by atoms with E-state index in [0.717, 1.165) is 5.56 Å². The molecule has 1 aromatic rings. The molecule has 0 unspecified atom stereocenters. The number of carbonyl (C=O) groups excluding carboxylic acids is 1. The zero-order chi connectivity index (χ0) is 14.1. The molecule has 0 aliphatic rings. The molecular weight excluding hydrogens is 268 g/mol. The summed E-state index contributed by atoms with van der Waals surface area (Å²) in [6, 6.07) is 6.43. The number of benzene rings is 1. The van der Waals surface area contributed by atoms with Gasteiger partial charge in [-0.3, -0.25) is 14.9 Å². The number of carbonyl (C=O) groups is 1. The summed E-state index contributed by atoms with van der Waals surface area (Å²) in [5.74, 6) is 0.832. The normalized spacial score (nSPS) is 10.2. The van der Waals surface area contributed by atoms with Crippen LogP contribution in [0.2, 0.25) is 0 Å². The average molecular weight is 284 g/mol. The quantitative estimate of drug-likeness (QED) is 0.445. The lowest BCUT2D eigenvalue weighted by atomic mass is 10.2. The van der Waals surface area contributed by atoms with Crippen molar-refractivity contribution in [1.29, 1.82) is 0 Å². The van der Waals surface area contributed by atoms with E-state index >= 15 is 0 Å². The first kappa shape index (κ1) is 15.5. The molecule has 0 aliphatic heterocycles. The van der Waals surface area contributed by atoms with Crippen LogP contribution >= 0.6 is 11.8 Å². The van der Waals surface area contributed by atoms with Crippen molar-refractivity contribution in [2.45, 2.75) is 5.75 Å². The summed E-state index contributed by atoms with van der Waals surface area (Å²) < 4.78 is 4.82. The van der Waals surface area contributed by atoms with Crippen LogP contribution in [0.3, 0.4) is 0 Å². The van der Waals surface area contributed by atoms with Gasteiger partial charge in [-0.1, -0.05) is 12.1 Å². The smallest absolute Gasteiger partial charge is 0.269 e. The first-order chi connectivity index (χ1) is 9.13. The van der Waals surface area contributed by atoms with Gasteiger partial charge in [-0.2, -0.15) is 0 Å². The lowest BCUT2D eigenvalue weighted by molar-refractivity contribution is -0.384. The highest BCUT2D eigenvalue weighted by molar-refractivity contribution is 7.99. The summed E-state index contributed by atoms with van der Waals surface area (Å²) >= 11 is 1.42. The summed E-state index contributed by atoms with van der Waals surface area (Å²) in [6.07, 6.45) is 0. The number of thioether (sulfide) groups is 1. The van der Waals surface area contributed by atoms with Gasteiger partial charge in [-0.15, -0.1) is 11.8 Å². The Hall–Kier alpha value is -1.60. The monoisotopic (exact) mass is 284 g/mol. The molecule has 0 radical (unpaired) electrons. The minimum atomic E-state index is -0.425. The number of amides is 1. The molecule has 0 saturated heterocycles. The van der Waals surface area contributed by atoms with E-state index in [2.05, 4.69) is 5.32 Å². The van der Waals surface area contributed by atoms with Crippen molar-refractivity contribution in [3.63, 3.8) is 0 Å². The van der Waals surface area contributed by atoms with E-state index in [1.54, 1.807) is 13.2 Å². The SMILES string of the molecule is COCCNC(=O)CSCc1cccc([N+](=O)[O-])c1. The third kappa shape index (κ3) is 6.21. The van der Waals surface area contributed by atoms with Gasteiger partial charge >= 0.3 is 0 Å². The molecule has 1 aromatic carbocycles. The average Bonchev–Trinajstić information content (AvgIpc) is 2.39. The molecule has 0 atom stereocenters. The van der Waals surface area contributed by atoms with Crippen molar-refractivity contribution in [3.05, 3.63) is 39.9 Å². The zero-order valence-corrected chi connectivity index (χ0v) is 11.4. The number of nitrogens with zero attached hydrogens (tertiary/aromatic N) is 1. The van der Waals surface area contributed by atoms with Crippen molar-refractivity contribution >= 4 is 23.4 Å². The highest BCUT2D eigenvalue weighted by Crippen LogP contribution is 2.17. The molecule has 0 aliphatic carbocycles. The molecule has 7 heteroatoms. The van der Waals surface area contributed by atoms with E-state index in [1.807, 2.05) is 6.07 Å². The molecule has 1 rings (SSSR count). The van der Waals surface area contributed by atoms with Crippen LogP contribution in [0, 0.1) is 10.1 Å². The van der Waals surface area contributed by atoms with Gasteiger partial charge in [0, 0.05) is 31.5 Å². The van der Waals surface area contributed by atoms with Crippen LogP contribution in [0.1, 0.15) is 5.56 Å². The van der Waals surface area contributed by atoms with E-state index in [0.29, 0.717) is 24.7 Å². The van der Waals surface area contributed by atoms with Gasteiger partial charge in [-0.25, -0.2) is 0 Å². The molecule has 0 heterocycles. The van der Waals surface area contributed by atoms with E-state index < -0.39 is 4.92 Å². The fourth-order valence-electron chi connectivity index (χ4n) is 1.36. The number of methoxy groups -OCH3 is 1. The first-order valence-electron chi connectivity index (χ1n) is 5.70. The highest BCUT2D eigenvalue weighted by atomic mass is 32.2. The molecular formula is C12H16N2O4S. The third-order valence-electron chi connectivity index (χ3n) is 2.25. The van der Waals surface area contributed by atoms with Gasteiger partial charge in [0.1, 0.15) is 0 Å². The Bertz CT molecular complexity index is 439. The standard InChI is InChI=1S/C12H16N2O4S/c1-18-6-5-13-12(15)9-19-8-10-3-2-4-11(7-10)14(16)17/h2-4,7H,5-6,8-9H2,1H3,(H,13,15). The van der Waals surface area contributed by atoms with Crippen LogP contribution in [0.5, 0.6) is 0 Å². The number of nitro groups is 1. The number of ether oxygens (including phenoxy) is 1. The van der Waals surface area contributed by atoms with Crippen LogP contribution in [0.25, 0.3) is 0 Å². The summed E-state index contributed by atoms with van der Waals surface area (Å²) in [7, 11) is 1.57. The Kier molecular flexibility index (Phi) is 6.91. The molecule has 1 amide bonds. The van der Waals surface area contributed by atoms with Crippen molar-refractivity contribution in [3.8, 4) is 0 Å². The number of nitro benzene ring substituents is 1. The molecule has 1 N–H and O–H groups in total. The Labute approximate surface area is 115 Å². The van der Waals surface area contributed by atoms with Crippen LogP contribution in [0.4, 0.5) is 5.69 Å². The Morgan fingerprint density at radius 1 is 1.53 bits per heavy atom. The maximum absolute atomic E-state index is 11.4. The topological polar surface area (TPSA) is 81.5 Å². The molecule has 104 valence electrons. The zero-order valence-electron chi connectivity index (χ0n) is 10.6. The number of hydrogen-bond donors (Lipinski definition) is 1. The van der Waals surface area contributed by atoms with Crippen LogP contribution < -0.4 is 5.32 Å². The summed E-state index contributed by atoms with van der Waals surface area (Å²) in [6.45, 7) is 0.980. The van der Waals surface area contributed by atoms with Gasteiger partial charge < -0.3 is 10.1 Å². The molecule has 19 heavy (non-hydrogen) atoms. The summed E-state index contributed by atoms with van der Waals surface area (Å²) in [4.78, 5) is 21.6. The molecule has 0 fully saturated rings. The Balaban J connectivity index is 2.31. The molecule has 0 aromatic heterocycles. The lowest BCUT2D eigenvalue weighted by Crippen LogP contribution is -2.28. The fraction of sp³-hybridized carbons (Fsp3) is 0.417. The summed E-state index contributed by atoms with van der Waals surface area (Å²) in [5, 5.41) is 13.3. The van der Waals surface area contributed by atoms with E-state index in [-0.39, 0.29) is 11.6 Å². The molecule has 6 nitrogen and oxygen atoms in total. The van der Waals surface area contributed by atoms with Gasteiger partial charge in [-0.05, 0) is 5.56 Å². The number of rotatable bonds is 8. The van der Waals surface area contributed by atoms with Gasteiger partial charge in [0.2, 0.25) is 5.91 Å². The van der Waals surface area contributed by atoms with Crippen molar-refractivity contribution in [1.82, 2.24) is 5.32 Å². The van der Waals surface area contributed by atoms with E-state index in [4.69, 9.17) is 4.74 Å². The van der Waals surface area contributed by atoms with Crippen molar-refractivity contribution < 1.29 is 14.5 Å². The molecule has 0 saturated carbocycles. The van der Waals surface area contributed by atoms with E-state index in [9.17, 15) is 14.9 Å². The predicted octanol–water partition coefficient (Wildman–Crippen LogP) is 1.59. The van der Waals surface area contributed by atoms with Crippen LogP contribution in [0.15, 0.2) is 24.3 Å². The maximum atomic E-state index is 11.4. The van der Waals surface area contributed by atoms with Gasteiger partial charge in [0.25, 0.3) is 5.69 Å². The van der Waals surface area contributed by atoms with Crippen LogP contribution in [-0.4, -0.2) is 36.8 Å². The minimum absolute atomic E-state index is 0.0625. The fourth-order valence-corrected chi connectivity index (χ4v) is 2.17. The third-order valence-corrected chi connectivity index (χ3v) is 3.26. The number of hydrogen-bond acceptors (Lipinski definition) is 5. The second-order valence-corrected chi connectivity index (χ2v) is 4.75. The van der Waals surface area contributed by atoms with Gasteiger partial charge in [0.15, 0.2) is 0 Å². The minimum Gasteiger partial charge on any atom is -0.383 e. The second kappa shape index (κ2) is 8.49. The highest BCUT2D eigenvalue weighted by Gasteiger charge is 2.06. The summed E-state index contributed by atoms with van der Waals surface area (Å²) in [5.41, 5.74) is 0.909. The Morgan fingerprint density at radius 3 is 3.00 bits per heavy atom. The molecule has 0 spiro atoms. The molecule has 0 bridgehead atoms. The Morgan fingerprint density at radius 2 is 2.32 bits per heavy atom. The second-order valence-electron chi connectivity index (χ2n) is 3.76. The number of non-ortho nitro benzene ring substituents is 1. The van der Waals surface area contributed by atoms with E-state index in [1.165, 1.54) is 23.9 Å². The number of nitrogens with one attached hydrogen (secondary N) is 1.